The molecule has 1 aliphatic rings. The average Bonchev–Trinajstić information content (AvgIpc) is 4.12. The number of thiophene rings is 1. The third-order valence-corrected chi connectivity index (χ3v) is 15.6. The molecule has 0 atom stereocenters. The summed E-state index contributed by atoms with van der Waals surface area (Å²) in [6.45, 7) is 6.03. The Morgan fingerprint density at radius 3 is 1.75 bits per heavy atom. The van der Waals surface area contributed by atoms with E-state index in [-0.39, 0.29) is 27.8 Å². The van der Waals surface area contributed by atoms with Gasteiger partial charge >= 0.3 is 0 Å². The molecule has 1 fully saturated rings. The van der Waals surface area contributed by atoms with E-state index < -0.39 is 36.3 Å². The zero-order valence-electron chi connectivity index (χ0n) is 48.9. The van der Waals surface area contributed by atoms with Crippen molar-refractivity contribution < 1.29 is 11.0 Å². The number of hydrogen-bond acceptors (Lipinski definition) is 4. The molecule has 3 nitrogen and oxygen atoms in total. The number of benzene rings is 6. The number of fused-ring (bicyclic) bond motifs is 3. The summed E-state index contributed by atoms with van der Waals surface area (Å²) in [7, 11) is 0. The van der Waals surface area contributed by atoms with Gasteiger partial charge in [-0.2, -0.15) is 0 Å². The van der Waals surface area contributed by atoms with Crippen LogP contribution in [0.15, 0.2) is 188 Å². The van der Waals surface area contributed by atoms with Gasteiger partial charge in [-0.25, -0.2) is 0 Å². The van der Waals surface area contributed by atoms with Crippen LogP contribution in [0.4, 0.5) is 0 Å². The minimum atomic E-state index is -2.77. The van der Waals surface area contributed by atoms with Crippen molar-refractivity contribution in [1.82, 2.24) is 15.0 Å². The first kappa shape index (κ1) is 37.8. The summed E-state index contributed by atoms with van der Waals surface area (Å²) in [5.74, 6) is -0.600. The Morgan fingerprint density at radius 1 is 0.535 bits per heavy atom. The number of rotatable bonds is 14. The van der Waals surface area contributed by atoms with Gasteiger partial charge in [0.15, 0.2) is 0 Å². The summed E-state index contributed by atoms with van der Waals surface area (Å²) in [5, 5.41) is 2.10. The van der Waals surface area contributed by atoms with Gasteiger partial charge in [0.2, 0.25) is 0 Å². The molecule has 0 N–H and O–H groups in total. The van der Waals surface area contributed by atoms with Gasteiger partial charge in [-0.15, -0.1) is 11.3 Å². The Labute approximate surface area is 436 Å². The van der Waals surface area contributed by atoms with E-state index >= 15 is 0 Å². The van der Waals surface area contributed by atoms with E-state index in [1.807, 2.05) is 97.3 Å². The topological polar surface area (TPSA) is 38.7 Å². The first-order chi connectivity index (χ1) is 37.6. The molecule has 1 saturated carbocycles. The van der Waals surface area contributed by atoms with Gasteiger partial charge in [-0.3, -0.25) is 15.0 Å². The lowest BCUT2D eigenvalue weighted by atomic mass is 9.77. The van der Waals surface area contributed by atoms with E-state index in [1.165, 1.54) is 6.20 Å². The Morgan fingerprint density at radius 2 is 1.13 bits per heavy atom. The first-order valence-electron chi connectivity index (χ1n) is 28.9. The lowest BCUT2D eigenvalue weighted by Gasteiger charge is -2.28. The fraction of sp³-hybridized carbons (Fsp3) is 0.239. The van der Waals surface area contributed by atoms with E-state index in [1.54, 1.807) is 53.8 Å². The number of aryl methyl sites for hydroxylation is 3. The predicted octanol–water partition coefficient (Wildman–Crippen LogP) is 17.7. The maximum atomic E-state index is 10.1. The molecule has 0 aliphatic heterocycles. The fourth-order valence-electron chi connectivity index (χ4n) is 10.5. The third kappa shape index (κ3) is 9.88. The second-order valence-corrected chi connectivity index (χ2v) is 21.5. The van der Waals surface area contributed by atoms with Crippen molar-refractivity contribution in [2.75, 3.05) is 0 Å². The maximum absolute atomic E-state index is 10.1. The van der Waals surface area contributed by atoms with Gasteiger partial charge < -0.3 is 0 Å². The molecule has 0 bridgehead atoms. The SMILES string of the molecule is [2H]C([2H])([2H])c1ccccc1-c1cc(-c2cccc3c2sc2cc(C4([2H])CCCC4)ccc23)ncc1C([2H])([2H])C([2H])([2H])c1cc(CC(C)(C)c2ccc(-c3ccccc3)nc2)cc(CC(C)(C)c2ccc(-c3ccccc3)nc2)c1. The molecule has 0 amide bonds. The lowest BCUT2D eigenvalue weighted by molar-refractivity contribution is 0.512. The number of nitrogens with zero attached hydrogens (tertiary/aromatic N) is 3. The van der Waals surface area contributed by atoms with Crippen LogP contribution in [-0.2, 0) is 36.4 Å². The molecule has 11 rings (SSSR count). The summed E-state index contributed by atoms with van der Waals surface area (Å²) in [6.07, 6.45) is 4.55. The first-order valence-corrected chi connectivity index (χ1v) is 25.7. The van der Waals surface area contributed by atoms with Gasteiger partial charge in [0, 0.05) is 66.4 Å². The highest BCUT2D eigenvalue weighted by atomic mass is 32.1. The van der Waals surface area contributed by atoms with Crippen LogP contribution in [0.25, 0.3) is 65.1 Å². The second kappa shape index (κ2) is 19.6. The standard InChI is InChI=1S/C67H63N3S/c1-45-17-12-15-24-56(45)60-39-63(59-26-16-25-58-57-32-29-52(49-18-13-14-19-49)38-64(57)71-65(58)59)68-42-53(60)28-27-46-35-47(40-66(2,3)54-30-33-61(69-43-54)50-20-8-6-9-21-50)37-48(36-46)41-67(4,5)55-31-34-62(70-44-55)51-22-10-7-11-23-51/h6-12,15-17,20-26,29-39,42-44,49H,13-14,18-19,27-28,40-41H2,1-5H3/i1D3,27D2,28D2,49D. The van der Waals surface area contributed by atoms with Crippen molar-refractivity contribution in [3.63, 3.8) is 0 Å². The molecule has 0 unspecified atom stereocenters. The highest BCUT2D eigenvalue weighted by Gasteiger charge is 2.26. The van der Waals surface area contributed by atoms with E-state index in [9.17, 15) is 6.85 Å². The molecule has 0 radical (unpaired) electrons. The molecule has 0 spiro atoms. The van der Waals surface area contributed by atoms with Crippen molar-refractivity contribution in [1.29, 1.82) is 0 Å². The second-order valence-electron chi connectivity index (χ2n) is 20.5. The Bertz CT molecular complexity index is 3730. The minimum absolute atomic E-state index is 0.0277. The van der Waals surface area contributed by atoms with Crippen molar-refractivity contribution in [2.24, 2.45) is 0 Å². The van der Waals surface area contributed by atoms with Gasteiger partial charge in [-0.1, -0.05) is 186 Å². The Balaban J connectivity index is 1.02. The molecule has 71 heavy (non-hydrogen) atoms. The van der Waals surface area contributed by atoms with Crippen molar-refractivity contribution in [2.45, 2.75) is 103 Å². The number of pyridine rings is 3. The van der Waals surface area contributed by atoms with Gasteiger partial charge in [-0.05, 0) is 142 Å². The van der Waals surface area contributed by atoms with Crippen LogP contribution in [0.3, 0.4) is 0 Å². The van der Waals surface area contributed by atoms with Crippen molar-refractivity contribution >= 4 is 31.5 Å². The monoisotopic (exact) mass is 950 g/mol. The molecule has 1 aliphatic carbocycles. The Kier molecular flexibility index (Phi) is 10.5. The van der Waals surface area contributed by atoms with Crippen LogP contribution in [0, 0.1) is 6.85 Å². The van der Waals surface area contributed by atoms with Crippen LogP contribution in [0.5, 0.6) is 0 Å². The zero-order valence-corrected chi connectivity index (χ0v) is 41.7. The summed E-state index contributed by atoms with van der Waals surface area (Å²) >= 11 is 1.63. The van der Waals surface area contributed by atoms with Crippen molar-refractivity contribution in [3.05, 3.63) is 233 Å². The number of hydrogen-bond donors (Lipinski definition) is 0. The fourth-order valence-corrected chi connectivity index (χ4v) is 11.8. The summed E-state index contributed by atoms with van der Waals surface area (Å²) in [6, 6.07) is 54.9. The predicted molar refractivity (Wildman–Crippen MR) is 301 cm³/mol. The molecule has 352 valence electrons. The molecule has 6 aromatic carbocycles. The van der Waals surface area contributed by atoms with Crippen LogP contribution < -0.4 is 0 Å². The van der Waals surface area contributed by atoms with E-state index in [0.717, 1.165) is 102 Å². The molecular weight excluding hydrogens is 879 g/mol. The minimum Gasteiger partial charge on any atom is -0.256 e. The molecule has 0 saturated heterocycles. The van der Waals surface area contributed by atoms with E-state index in [2.05, 4.69) is 70.2 Å². The highest BCUT2D eigenvalue weighted by molar-refractivity contribution is 7.26. The van der Waals surface area contributed by atoms with Crippen LogP contribution >= 0.6 is 11.3 Å². The van der Waals surface area contributed by atoms with Crippen LogP contribution in [0.2, 0.25) is 0 Å². The van der Waals surface area contributed by atoms with Crippen LogP contribution in [-0.4, -0.2) is 15.0 Å². The lowest BCUT2D eigenvalue weighted by Crippen LogP contribution is -2.23. The maximum Gasteiger partial charge on any atom is 0.0722 e. The molecule has 4 heteroatoms. The normalized spacial score (nSPS) is 16.1. The summed E-state index contributed by atoms with van der Waals surface area (Å²) in [5.41, 5.74) is 9.50. The molecule has 10 aromatic rings. The smallest absolute Gasteiger partial charge is 0.0722 e. The quantitative estimate of drug-likeness (QED) is 0.109. The van der Waals surface area contributed by atoms with E-state index in [0.29, 0.717) is 18.5 Å². The third-order valence-electron chi connectivity index (χ3n) is 14.4. The average molecular weight is 950 g/mol. The van der Waals surface area contributed by atoms with Gasteiger partial charge in [0.1, 0.15) is 0 Å². The largest absolute Gasteiger partial charge is 0.256 e. The van der Waals surface area contributed by atoms with Gasteiger partial charge in [0.05, 0.1) is 17.1 Å². The summed E-state index contributed by atoms with van der Waals surface area (Å²) < 4.78 is 77.9. The molecule has 4 aromatic heterocycles. The molecular formula is C67H63N3S. The van der Waals surface area contributed by atoms with Gasteiger partial charge in [0.25, 0.3) is 0 Å². The highest BCUT2D eigenvalue weighted by Crippen LogP contribution is 2.44. The van der Waals surface area contributed by atoms with Crippen molar-refractivity contribution in [3.8, 4) is 44.9 Å². The van der Waals surface area contributed by atoms with E-state index in [4.69, 9.17) is 19.1 Å². The number of aromatic nitrogens is 3. The summed E-state index contributed by atoms with van der Waals surface area (Å²) in [4.78, 5) is 14.7. The Hall–Kier alpha value is -7.01. The van der Waals surface area contributed by atoms with Crippen LogP contribution in [0.1, 0.15) is 115 Å². The molecule has 4 heterocycles. The zero-order chi connectivity index (χ0) is 55.5.